The van der Waals surface area contributed by atoms with E-state index in [0.29, 0.717) is 6.07 Å². The standard InChI is InChI=1S/C20H22F3NO4/c1-12(19(26)24(2)13-6-4-3-5-7-13)27-14-8-9-15-16(20(21,22)23)11-18(25)28-17(15)10-14/h8-13H,3-7H2,1-2H3/t12-/m0/s1. The monoisotopic (exact) mass is 397 g/mol. The van der Waals surface area contributed by atoms with Gasteiger partial charge in [-0.05, 0) is 31.9 Å². The molecule has 1 heterocycles. The molecule has 1 atom stereocenters. The zero-order valence-electron chi connectivity index (χ0n) is 15.7. The van der Waals surface area contributed by atoms with Gasteiger partial charge in [-0.2, -0.15) is 13.2 Å². The maximum atomic E-state index is 13.1. The lowest BCUT2D eigenvalue weighted by atomic mass is 9.94. The Hall–Kier alpha value is -2.51. The molecule has 1 aliphatic carbocycles. The number of hydrogen-bond donors (Lipinski definition) is 0. The van der Waals surface area contributed by atoms with E-state index < -0.39 is 23.5 Å². The highest BCUT2D eigenvalue weighted by Crippen LogP contribution is 2.35. The summed E-state index contributed by atoms with van der Waals surface area (Å²) in [4.78, 5) is 25.8. The second-order valence-electron chi connectivity index (χ2n) is 7.14. The summed E-state index contributed by atoms with van der Waals surface area (Å²) >= 11 is 0. The molecular weight excluding hydrogens is 375 g/mol. The average molecular weight is 397 g/mol. The van der Waals surface area contributed by atoms with E-state index in [9.17, 15) is 22.8 Å². The Kier molecular flexibility index (Phi) is 5.67. The summed E-state index contributed by atoms with van der Waals surface area (Å²) in [5.41, 5.74) is -2.40. The maximum absolute atomic E-state index is 13.1. The first-order valence-corrected chi connectivity index (χ1v) is 9.25. The van der Waals surface area contributed by atoms with E-state index in [0.717, 1.165) is 25.7 Å². The van der Waals surface area contributed by atoms with Crippen LogP contribution in [0.5, 0.6) is 5.75 Å². The van der Waals surface area contributed by atoms with Gasteiger partial charge in [-0.15, -0.1) is 0 Å². The largest absolute Gasteiger partial charge is 0.481 e. The van der Waals surface area contributed by atoms with Crippen LogP contribution < -0.4 is 10.4 Å². The van der Waals surface area contributed by atoms with Crippen molar-refractivity contribution < 1.29 is 27.1 Å². The van der Waals surface area contributed by atoms with Gasteiger partial charge in [0.2, 0.25) is 0 Å². The average Bonchev–Trinajstić information content (AvgIpc) is 2.65. The minimum absolute atomic E-state index is 0.160. The Morgan fingerprint density at radius 2 is 1.89 bits per heavy atom. The molecule has 0 aliphatic heterocycles. The number of hydrogen-bond acceptors (Lipinski definition) is 4. The van der Waals surface area contributed by atoms with Crippen molar-refractivity contribution in [3.05, 3.63) is 40.2 Å². The normalized spacial score (nSPS) is 16.8. The van der Waals surface area contributed by atoms with Crippen molar-refractivity contribution in [3.63, 3.8) is 0 Å². The lowest BCUT2D eigenvalue weighted by molar-refractivity contribution is -0.139. The Labute approximate surface area is 160 Å². The summed E-state index contributed by atoms with van der Waals surface area (Å²) in [5, 5.41) is -0.238. The molecule has 5 nitrogen and oxygen atoms in total. The summed E-state index contributed by atoms with van der Waals surface area (Å²) in [6.45, 7) is 1.59. The molecule has 1 aromatic carbocycles. The number of ether oxygens (including phenoxy) is 1. The molecule has 1 aromatic heterocycles. The van der Waals surface area contributed by atoms with Crippen molar-refractivity contribution in [1.29, 1.82) is 0 Å². The summed E-state index contributed by atoms with van der Waals surface area (Å²) in [7, 11) is 1.74. The van der Waals surface area contributed by atoms with Gasteiger partial charge < -0.3 is 14.1 Å². The first-order chi connectivity index (χ1) is 13.2. The minimum Gasteiger partial charge on any atom is -0.481 e. The fourth-order valence-electron chi connectivity index (χ4n) is 3.64. The van der Waals surface area contributed by atoms with E-state index in [4.69, 9.17) is 9.15 Å². The number of benzene rings is 1. The van der Waals surface area contributed by atoms with Gasteiger partial charge in [-0.3, -0.25) is 4.79 Å². The first kappa shape index (κ1) is 20.2. The van der Waals surface area contributed by atoms with Crippen molar-refractivity contribution in [2.75, 3.05) is 7.05 Å². The molecule has 152 valence electrons. The van der Waals surface area contributed by atoms with Gasteiger partial charge in [-0.25, -0.2) is 4.79 Å². The number of carbonyl (C=O) groups is 1. The lowest BCUT2D eigenvalue weighted by Crippen LogP contribution is -2.44. The zero-order valence-corrected chi connectivity index (χ0v) is 15.7. The summed E-state index contributed by atoms with van der Waals surface area (Å²) in [6, 6.07) is 4.32. The third kappa shape index (κ3) is 4.31. The molecular formula is C20H22F3NO4. The number of fused-ring (bicyclic) bond motifs is 1. The van der Waals surface area contributed by atoms with E-state index >= 15 is 0 Å². The van der Waals surface area contributed by atoms with Crippen LogP contribution in [-0.4, -0.2) is 30.0 Å². The van der Waals surface area contributed by atoms with Gasteiger partial charge in [0, 0.05) is 30.6 Å². The zero-order chi connectivity index (χ0) is 20.5. The summed E-state index contributed by atoms with van der Waals surface area (Å²) in [5.74, 6) is -0.0367. The van der Waals surface area contributed by atoms with E-state index in [1.807, 2.05) is 0 Å². The predicted molar refractivity (Wildman–Crippen MR) is 97.2 cm³/mol. The van der Waals surface area contributed by atoms with Crippen LogP contribution in [0, 0.1) is 0 Å². The topological polar surface area (TPSA) is 59.8 Å². The Bertz CT molecular complexity index is 916. The van der Waals surface area contributed by atoms with Crippen LogP contribution in [0.3, 0.4) is 0 Å². The van der Waals surface area contributed by atoms with E-state index in [2.05, 4.69) is 0 Å². The highest BCUT2D eigenvalue weighted by molar-refractivity contribution is 5.83. The smallest absolute Gasteiger partial charge is 0.417 e. The SMILES string of the molecule is C[C@H](Oc1ccc2c(C(F)(F)F)cc(=O)oc2c1)C(=O)N(C)C1CCCCC1. The number of carbonyl (C=O) groups excluding carboxylic acids is 1. The molecule has 0 saturated heterocycles. The second-order valence-corrected chi connectivity index (χ2v) is 7.14. The molecule has 0 bridgehead atoms. The van der Waals surface area contributed by atoms with Crippen molar-refractivity contribution in [2.45, 2.75) is 57.3 Å². The third-order valence-electron chi connectivity index (χ3n) is 5.15. The van der Waals surface area contributed by atoms with Gasteiger partial charge in [0.25, 0.3) is 5.91 Å². The fourth-order valence-corrected chi connectivity index (χ4v) is 3.64. The molecule has 1 amide bonds. The van der Waals surface area contributed by atoms with Gasteiger partial charge in [0.05, 0.1) is 5.56 Å². The predicted octanol–water partition coefficient (Wildman–Crippen LogP) is 4.37. The Balaban J connectivity index is 1.80. The summed E-state index contributed by atoms with van der Waals surface area (Å²) in [6.07, 6.45) is -0.241. The maximum Gasteiger partial charge on any atom is 0.417 e. The van der Waals surface area contributed by atoms with Crippen molar-refractivity contribution >= 4 is 16.9 Å². The second kappa shape index (κ2) is 7.85. The number of alkyl halides is 3. The molecule has 3 rings (SSSR count). The number of halogens is 3. The van der Waals surface area contributed by atoms with Crippen LogP contribution in [-0.2, 0) is 11.0 Å². The summed E-state index contributed by atoms with van der Waals surface area (Å²) < 4.78 is 49.9. The molecule has 0 unspecified atom stereocenters. The van der Waals surface area contributed by atoms with Gasteiger partial charge >= 0.3 is 11.8 Å². The Morgan fingerprint density at radius 1 is 1.21 bits per heavy atom. The number of amides is 1. The van der Waals surface area contributed by atoms with Crippen LogP contribution in [0.2, 0.25) is 0 Å². The number of nitrogens with zero attached hydrogens (tertiary/aromatic N) is 1. The fraction of sp³-hybridized carbons (Fsp3) is 0.500. The molecule has 28 heavy (non-hydrogen) atoms. The molecule has 0 radical (unpaired) electrons. The molecule has 2 aromatic rings. The molecule has 1 aliphatic rings. The minimum atomic E-state index is -4.68. The van der Waals surface area contributed by atoms with E-state index in [1.54, 1.807) is 18.9 Å². The third-order valence-corrected chi connectivity index (χ3v) is 5.15. The molecule has 0 spiro atoms. The Morgan fingerprint density at radius 3 is 2.54 bits per heavy atom. The highest BCUT2D eigenvalue weighted by Gasteiger charge is 2.34. The van der Waals surface area contributed by atoms with Crippen LogP contribution in [0.15, 0.2) is 33.5 Å². The van der Waals surface area contributed by atoms with E-state index in [-0.39, 0.29) is 28.7 Å². The van der Waals surface area contributed by atoms with Crippen LogP contribution in [0.4, 0.5) is 13.2 Å². The lowest BCUT2D eigenvalue weighted by Gasteiger charge is -2.32. The van der Waals surface area contributed by atoms with Crippen LogP contribution in [0.1, 0.15) is 44.6 Å². The molecule has 1 fully saturated rings. The number of likely N-dealkylation sites (N-methyl/N-ethyl adjacent to an activating group) is 1. The van der Waals surface area contributed by atoms with Crippen LogP contribution in [0.25, 0.3) is 11.0 Å². The van der Waals surface area contributed by atoms with Crippen molar-refractivity contribution in [2.24, 2.45) is 0 Å². The highest BCUT2D eigenvalue weighted by atomic mass is 19.4. The molecule has 0 N–H and O–H groups in total. The van der Waals surface area contributed by atoms with Crippen LogP contribution >= 0.6 is 0 Å². The van der Waals surface area contributed by atoms with Gasteiger partial charge in [0.1, 0.15) is 11.3 Å². The van der Waals surface area contributed by atoms with Crippen molar-refractivity contribution in [1.82, 2.24) is 4.90 Å². The number of rotatable bonds is 4. The van der Waals surface area contributed by atoms with Gasteiger partial charge in [-0.1, -0.05) is 19.3 Å². The molecule has 1 saturated carbocycles. The first-order valence-electron chi connectivity index (χ1n) is 9.25. The molecule has 8 heteroatoms. The van der Waals surface area contributed by atoms with E-state index in [1.165, 1.54) is 24.6 Å². The van der Waals surface area contributed by atoms with Crippen molar-refractivity contribution in [3.8, 4) is 5.75 Å². The quantitative estimate of drug-likeness (QED) is 0.719. The van der Waals surface area contributed by atoms with Gasteiger partial charge in [0.15, 0.2) is 6.10 Å².